The second-order valence-corrected chi connectivity index (χ2v) is 2.83. The Labute approximate surface area is 68.2 Å². The molecule has 0 aliphatic carbocycles. The number of ketones is 1. The van der Waals surface area contributed by atoms with E-state index in [4.69, 9.17) is 5.11 Å². The lowest BCUT2D eigenvalue weighted by Gasteiger charge is -1.95. The second kappa shape index (κ2) is 4.23. The maximum atomic E-state index is 11.0. The summed E-state index contributed by atoms with van der Waals surface area (Å²) in [5.41, 5.74) is 0. The Hall–Kier alpha value is -0.710. The van der Waals surface area contributed by atoms with E-state index in [1.54, 1.807) is 12.1 Å². The normalized spacial score (nSPS) is 9.91. The predicted molar refractivity (Wildman–Crippen MR) is 41.7 cm³/mol. The molecule has 0 fully saturated rings. The third kappa shape index (κ3) is 2.42. The van der Waals surface area contributed by atoms with E-state index in [9.17, 15) is 4.79 Å². The van der Waals surface area contributed by atoms with Crippen molar-refractivity contribution in [3.05, 3.63) is 22.4 Å². The van der Waals surface area contributed by atoms with Crippen molar-refractivity contribution in [1.29, 1.82) is 0 Å². The summed E-state index contributed by atoms with van der Waals surface area (Å²) in [4.78, 5) is 11.7. The molecule has 60 valence electrons. The fraction of sp³-hybridized carbons (Fsp3) is 0.286. The molecule has 0 aromatic carbocycles. The lowest BCUT2D eigenvalue weighted by atomic mass is 10.3. The molecule has 0 spiro atoms. The maximum absolute atomic E-state index is 11.0. The van der Waals surface area contributed by atoms with Gasteiger partial charge in [0.25, 0.3) is 0 Å². The summed E-state index contributed by atoms with van der Waals surface area (Å²) in [5.74, 6) is -0.0888. The number of hydrogen-bond donors (Lipinski definition) is 1. The van der Waals surface area contributed by atoms with Gasteiger partial charge < -0.3 is 9.84 Å². The molecule has 0 aliphatic heterocycles. The quantitative estimate of drug-likeness (QED) is 0.542. The molecule has 0 amide bonds. The molecular weight excluding hydrogens is 164 g/mol. The maximum Gasteiger partial charge on any atom is 0.198 e. The number of carbonyl (C=O) groups excluding carboxylic acids is 1. The average molecular weight is 172 g/mol. The Balaban J connectivity index is 2.43. The van der Waals surface area contributed by atoms with Crippen molar-refractivity contribution in [2.24, 2.45) is 0 Å². The van der Waals surface area contributed by atoms with Gasteiger partial charge in [-0.15, -0.1) is 11.3 Å². The molecule has 3 nitrogen and oxygen atoms in total. The smallest absolute Gasteiger partial charge is 0.198 e. The summed E-state index contributed by atoms with van der Waals surface area (Å²) >= 11 is 1.37. The van der Waals surface area contributed by atoms with Crippen molar-refractivity contribution in [1.82, 2.24) is 0 Å². The van der Waals surface area contributed by atoms with Crippen LogP contribution >= 0.6 is 11.3 Å². The lowest BCUT2D eigenvalue weighted by molar-refractivity contribution is 0.00364. The van der Waals surface area contributed by atoms with Crippen molar-refractivity contribution in [3.8, 4) is 0 Å². The van der Waals surface area contributed by atoms with Crippen LogP contribution < -0.4 is 0 Å². The van der Waals surface area contributed by atoms with Crippen molar-refractivity contribution in [3.63, 3.8) is 0 Å². The van der Waals surface area contributed by atoms with E-state index in [0.717, 1.165) is 0 Å². The van der Waals surface area contributed by atoms with E-state index in [2.05, 4.69) is 4.74 Å². The third-order valence-electron chi connectivity index (χ3n) is 1.12. The van der Waals surface area contributed by atoms with Gasteiger partial charge in [-0.2, -0.15) is 0 Å². The van der Waals surface area contributed by atoms with Gasteiger partial charge in [0.15, 0.2) is 5.78 Å². The van der Waals surface area contributed by atoms with Crippen LogP contribution in [0.5, 0.6) is 0 Å². The standard InChI is InChI=1S/C7H8O3S/c8-5-10-4-6(9)7-2-1-3-11-7/h1-3,8H,4-5H2. The van der Waals surface area contributed by atoms with Crippen LogP contribution in [0.2, 0.25) is 0 Å². The molecule has 1 N–H and O–H groups in total. The number of carbonyl (C=O) groups is 1. The Morgan fingerprint density at radius 1 is 1.73 bits per heavy atom. The topological polar surface area (TPSA) is 46.5 Å². The van der Waals surface area contributed by atoms with Crippen LogP contribution in [0.15, 0.2) is 17.5 Å². The van der Waals surface area contributed by atoms with Crippen LogP contribution in [0.1, 0.15) is 9.67 Å². The number of hydrogen-bond acceptors (Lipinski definition) is 4. The first-order valence-corrected chi connectivity index (χ1v) is 3.98. The van der Waals surface area contributed by atoms with E-state index in [1.165, 1.54) is 11.3 Å². The first-order chi connectivity index (χ1) is 5.34. The van der Waals surface area contributed by atoms with E-state index < -0.39 is 6.79 Å². The molecule has 1 aromatic heterocycles. The van der Waals surface area contributed by atoms with Gasteiger partial charge >= 0.3 is 0 Å². The van der Waals surface area contributed by atoms with Gasteiger partial charge in [-0.25, -0.2) is 0 Å². The SMILES string of the molecule is O=C(COCO)c1cccs1. The summed E-state index contributed by atoms with van der Waals surface area (Å²) in [7, 11) is 0. The average Bonchev–Trinajstić information content (AvgIpc) is 2.52. The summed E-state index contributed by atoms with van der Waals surface area (Å²) in [5, 5.41) is 10.1. The number of aliphatic hydroxyl groups is 1. The molecule has 0 saturated heterocycles. The zero-order valence-corrected chi connectivity index (χ0v) is 6.63. The molecule has 0 unspecified atom stereocenters. The van der Waals surface area contributed by atoms with Crippen LogP contribution in [-0.2, 0) is 4.74 Å². The highest BCUT2D eigenvalue weighted by Crippen LogP contribution is 2.08. The minimum atomic E-state index is -0.406. The number of aliphatic hydroxyl groups excluding tert-OH is 1. The minimum absolute atomic E-state index is 0.0446. The highest BCUT2D eigenvalue weighted by atomic mass is 32.1. The molecule has 0 atom stereocenters. The Morgan fingerprint density at radius 3 is 3.09 bits per heavy atom. The summed E-state index contributed by atoms with van der Waals surface area (Å²) in [6.07, 6.45) is 0. The number of rotatable bonds is 4. The molecule has 4 heteroatoms. The van der Waals surface area contributed by atoms with Gasteiger partial charge in [0, 0.05) is 0 Å². The largest absolute Gasteiger partial charge is 0.371 e. The van der Waals surface area contributed by atoms with Gasteiger partial charge in [-0.05, 0) is 11.4 Å². The molecule has 0 radical (unpaired) electrons. The van der Waals surface area contributed by atoms with Crippen LogP contribution in [0.3, 0.4) is 0 Å². The van der Waals surface area contributed by atoms with Gasteiger partial charge in [0.1, 0.15) is 13.4 Å². The van der Waals surface area contributed by atoms with Crippen molar-refractivity contribution in [2.45, 2.75) is 0 Å². The van der Waals surface area contributed by atoms with Gasteiger partial charge in [0.2, 0.25) is 0 Å². The molecule has 0 saturated carbocycles. The lowest BCUT2D eigenvalue weighted by Crippen LogP contribution is -2.07. The molecular formula is C7H8O3S. The van der Waals surface area contributed by atoms with Gasteiger partial charge in [0.05, 0.1) is 4.88 Å². The van der Waals surface area contributed by atoms with Crippen LogP contribution in [0.4, 0.5) is 0 Å². The van der Waals surface area contributed by atoms with Crippen molar-refractivity contribution >= 4 is 17.1 Å². The van der Waals surface area contributed by atoms with E-state index in [1.807, 2.05) is 5.38 Å². The fourth-order valence-electron chi connectivity index (χ4n) is 0.647. The molecule has 1 aromatic rings. The molecule has 0 bridgehead atoms. The molecule has 1 rings (SSSR count). The summed E-state index contributed by atoms with van der Waals surface area (Å²) < 4.78 is 4.53. The van der Waals surface area contributed by atoms with Crippen LogP contribution in [-0.4, -0.2) is 24.3 Å². The monoisotopic (exact) mass is 172 g/mol. The van der Waals surface area contributed by atoms with Crippen molar-refractivity contribution in [2.75, 3.05) is 13.4 Å². The van der Waals surface area contributed by atoms with E-state index >= 15 is 0 Å². The van der Waals surface area contributed by atoms with Gasteiger partial charge in [-0.1, -0.05) is 6.07 Å². The minimum Gasteiger partial charge on any atom is -0.371 e. The fourth-order valence-corrected chi connectivity index (χ4v) is 1.30. The summed E-state index contributed by atoms with van der Waals surface area (Å²) in [6.45, 7) is -0.450. The highest BCUT2D eigenvalue weighted by Gasteiger charge is 2.05. The van der Waals surface area contributed by atoms with Crippen molar-refractivity contribution < 1.29 is 14.6 Å². The zero-order valence-electron chi connectivity index (χ0n) is 5.82. The van der Waals surface area contributed by atoms with E-state index in [0.29, 0.717) is 4.88 Å². The third-order valence-corrected chi connectivity index (χ3v) is 2.03. The Kier molecular flexibility index (Phi) is 3.22. The Morgan fingerprint density at radius 2 is 2.55 bits per heavy atom. The van der Waals surface area contributed by atoms with E-state index in [-0.39, 0.29) is 12.4 Å². The number of Topliss-reactive ketones (excluding diaryl/α,β-unsaturated/α-hetero) is 1. The van der Waals surface area contributed by atoms with Crippen LogP contribution in [0, 0.1) is 0 Å². The second-order valence-electron chi connectivity index (χ2n) is 1.88. The van der Waals surface area contributed by atoms with Gasteiger partial charge in [-0.3, -0.25) is 4.79 Å². The number of thiophene rings is 1. The highest BCUT2D eigenvalue weighted by molar-refractivity contribution is 7.12. The Bertz CT molecular complexity index is 218. The first kappa shape index (κ1) is 8.39. The molecule has 1 heterocycles. The molecule has 0 aliphatic rings. The zero-order chi connectivity index (χ0) is 8.10. The first-order valence-electron chi connectivity index (χ1n) is 3.10. The number of ether oxygens (including phenoxy) is 1. The van der Waals surface area contributed by atoms with Crippen LogP contribution in [0.25, 0.3) is 0 Å². The predicted octanol–water partition coefficient (Wildman–Crippen LogP) is 0.897. The summed E-state index contributed by atoms with van der Waals surface area (Å²) in [6, 6.07) is 3.53. The molecule has 11 heavy (non-hydrogen) atoms.